The van der Waals surface area contributed by atoms with E-state index < -0.39 is 0 Å². The Morgan fingerprint density at radius 1 is 1.40 bits per heavy atom. The van der Waals surface area contributed by atoms with Gasteiger partial charge in [-0.15, -0.1) is 0 Å². The number of hydrogen-bond acceptors (Lipinski definition) is 3. The highest BCUT2D eigenvalue weighted by atomic mass is 16.5. The number of nitrogens with zero attached hydrogens (tertiary/aromatic N) is 1. The molecule has 20 heavy (non-hydrogen) atoms. The van der Waals surface area contributed by atoms with Crippen LogP contribution in [0.4, 0.5) is 5.69 Å². The molecule has 5 heteroatoms. The standard InChI is InChI=1S/C15H20N2O3/c1-20-11-12-5-4-6-13(9-12)16-14(18)10-17-8-3-2-7-15(17)19/h4-6,9H,2-3,7-8,10-11H2,1H3,(H,16,18). The zero-order chi connectivity index (χ0) is 14.4. The predicted octanol–water partition coefficient (Wildman–Crippen LogP) is 1.78. The average Bonchev–Trinajstić information content (AvgIpc) is 2.42. The fraction of sp³-hybridized carbons (Fsp3) is 0.467. The van der Waals surface area contributed by atoms with E-state index in [1.165, 1.54) is 0 Å². The molecular weight excluding hydrogens is 256 g/mol. The third-order valence-corrected chi connectivity index (χ3v) is 3.28. The van der Waals surface area contributed by atoms with Crippen molar-refractivity contribution in [1.29, 1.82) is 0 Å². The van der Waals surface area contributed by atoms with Crippen LogP contribution >= 0.6 is 0 Å². The number of nitrogens with one attached hydrogen (secondary N) is 1. The first-order valence-corrected chi connectivity index (χ1v) is 6.84. The van der Waals surface area contributed by atoms with Crippen molar-refractivity contribution in [2.75, 3.05) is 25.5 Å². The Morgan fingerprint density at radius 3 is 3.00 bits per heavy atom. The molecule has 1 N–H and O–H groups in total. The summed E-state index contributed by atoms with van der Waals surface area (Å²) >= 11 is 0. The number of anilines is 1. The first kappa shape index (κ1) is 14.5. The van der Waals surface area contributed by atoms with Gasteiger partial charge >= 0.3 is 0 Å². The van der Waals surface area contributed by atoms with E-state index in [4.69, 9.17) is 4.74 Å². The van der Waals surface area contributed by atoms with E-state index in [2.05, 4.69) is 5.32 Å². The molecule has 0 atom stereocenters. The van der Waals surface area contributed by atoms with E-state index in [1.54, 1.807) is 12.0 Å². The Balaban J connectivity index is 1.90. The van der Waals surface area contributed by atoms with Crippen LogP contribution < -0.4 is 5.32 Å². The number of carbonyl (C=O) groups excluding carboxylic acids is 2. The zero-order valence-electron chi connectivity index (χ0n) is 11.7. The molecule has 0 radical (unpaired) electrons. The normalized spacial score (nSPS) is 15.2. The van der Waals surface area contributed by atoms with Crippen molar-refractivity contribution in [2.24, 2.45) is 0 Å². The van der Waals surface area contributed by atoms with Crippen LogP contribution in [-0.4, -0.2) is 36.9 Å². The van der Waals surface area contributed by atoms with Gasteiger partial charge in [0.2, 0.25) is 11.8 Å². The number of ether oxygens (including phenoxy) is 1. The lowest BCUT2D eigenvalue weighted by atomic mass is 10.1. The van der Waals surface area contributed by atoms with E-state index in [-0.39, 0.29) is 18.4 Å². The second-order valence-electron chi connectivity index (χ2n) is 4.95. The Kier molecular flexibility index (Phi) is 5.12. The summed E-state index contributed by atoms with van der Waals surface area (Å²) in [4.78, 5) is 25.2. The molecule has 5 nitrogen and oxygen atoms in total. The Bertz CT molecular complexity index is 488. The largest absolute Gasteiger partial charge is 0.380 e. The van der Waals surface area contributed by atoms with E-state index >= 15 is 0 Å². The molecule has 2 amide bonds. The molecule has 1 fully saturated rings. The fourth-order valence-corrected chi connectivity index (χ4v) is 2.31. The zero-order valence-corrected chi connectivity index (χ0v) is 11.7. The van der Waals surface area contributed by atoms with Crippen LogP contribution in [0.2, 0.25) is 0 Å². The summed E-state index contributed by atoms with van der Waals surface area (Å²) in [5, 5.41) is 2.82. The number of rotatable bonds is 5. The van der Waals surface area contributed by atoms with Gasteiger partial charge in [-0.2, -0.15) is 0 Å². The summed E-state index contributed by atoms with van der Waals surface area (Å²) in [5.41, 5.74) is 1.73. The maximum Gasteiger partial charge on any atom is 0.243 e. The van der Waals surface area contributed by atoms with Crippen LogP contribution in [0.1, 0.15) is 24.8 Å². The maximum atomic E-state index is 12.0. The van der Waals surface area contributed by atoms with Gasteiger partial charge in [-0.3, -0.25) is 9.59 Å². The topological polar surface area (TPSA) is 58.6 Å². The van der Waals surface area contributed by atoms with E-state index in [9.17, 15) is 9.59 Å². The number of methoxy groups -OCH3 is 1. The Labute approximate surface area is 118 Å². The second-order valence-corrected chi connectivity index (χ2v) is 4.95. The molecule has 0 bridgehead atoms. The highest BCUT2D eigenvalue weighted by molar-refractivity contribution is 5.94. The minimum atomic E-state index is -0.158. The van der Waals surface area contributed by atoms with Gasteiger partial charge in [-0.25, -0.2) is 0 Å². The second kappa shape index (κ2) is 7.05. The van der Waals surface area contributed by atoms with Gasteiger partial charge in [0.1, 0.15) is 0 Å². The van der Waals surface area contributed by atoms with Crippen LogP contribution in [0.3, 0.4) is 0 Å². The number of benzene rings is 1. The van der Waals surface area contributed by atoms with Crippen molar-refractivity contribution in [1.82, 2.24) is 4.90 Å². The summed E-state index contributed by atoms with van der Waals surface area (Å²) in [6.07, 6.45) is 2.45. The van der Waals surface area contributed by atoms with E-state index in [1.807, 2.05) is 24.3 Å². The molecule has 0 aliphatic carbocycles. The molecule has 1 heterocycles. The van der Waals surface area contributed by atoms with Crippen LogP contribution in [-0.2, 0) is 20.9 Å². The van der Waals surface area contributed by atoms with Gasteiger partial charge in [0.15, 0.2) is 0 Å². The lowest BCUT2D eigenvalue weighted by molar-refractivity contribution is -0.136. The molecular formula is C15H20N2O3. The number of hydrogen-bond donors (Lipinski definition) is 1. The first-order valence-electron chi connectivity index (χ1n) is 6.84. The number of likely N-dealkylation sites (tertiary alicyclic amines) is 1. The summed E-state index contributed by atoms with van der Waals surface area (Å²) in [6.45, 7) is 1.32. The molecule has 1 aliphatic heterocycles. The van der Waals surface area contributed by atoms with Crippen LogP contribution in [0, 0.1) is 0 Å². The Morgan fingerprint density at radius 2 is 2.25 bits per heavy atom. The molecule has 1 aliphatic rings. The summed E-state index contributed by atoms with van der Waals surface area (Å²) in [6, 6.07) is 7.51. The molecule has 0 aromatic heterocycles. The van der Waals surface area contributed by atoms with Crippen molar-refractivity contribution in [2.45, 2.75) is 25.9 Å². The maximum absolute atomic E-state index is 12.0. The number of piperidine rings is 1. The predicted molar refractivity (Wildman–Crippen MR) is 76.2 cm³/mol. The highest BCUT2D eigenvalue weighted by Crippen LogP contribution is 2.13. The van der Waals surface area contributed by atoms with Crippen molar-refractivity contribution in [3.8, 4) is 0 Å². The smallest absolute Gasteiger partial charge is 0.243 e. The SMILES string of the molecule is COCc1cccc(NC(=O)CN2CCCCC2=O)c1. The van der Waals surface area contributed by atoms with Crippen LogP contribution in [0.15, 0.2) is 24.3 Å². The van der Waals surface area contributed by atoms with E-state index in [0.29, 0.717) is 19.6 Å². The molecule has 1 saturated heterocycles. The molecule has 0 spiro atoms. The van der Waals surface area contributed by atoms with Gasteiger partial charge in [0.25, 0.3) is 0 Å². The van der Waals surface area contributed by atoms with Gasteiger partial charge < -0.3 is 15.0 Å². The molecule has 0 saturated carbocycles. The Hall–Kier alpha value is -1.88. The third kappa shape index (κ3) is 4.06. The van der Waals surface area contributed by atoms with Crippen LogP contribution in [0.5, 0.6) is 0 Å². The quantitative estimate of drug-likeness (QED) is 0.892. The molecule has 1 aromatic carbocycles. The lowest BCUT2D eigenvalue weighted by Gasteiger charge is -2.26. The summed E-state index contributed by atoms with van der Waals surface area (Å²) < 4.78 is 5.06. The summed E-state index contributed by atoms with van der Waals surface area (Å²) in [7, 11) is 1.63. The van der Waals surface area contributed by atoms with E-state index in [0.717, 1.165) is 24.1 Å². The van der Waals surface area contributed by atoms with Crippen molar-refractivity contribution in [3.63, 3.8) is 0 Å². The molecule has 1 aromatic rings. The molecule has 108 valence electrons. The van der Waals surface area contributed by atoms with Gasteiger partial charge in [-0.05, 0) is 30.5 Å². The van der Waals surface area contributed by atoms with Gasteiger partial charge in [0.05, 0.1) is 13.2 Å². The van der Waals surface area contributed by atoms with Crippen molar-refractivity contribution in [3.05, 3.63) is 29.8 Å². The van der Waals surface area contributed by atoms with Crippen LogP contribution in [0.25, 0.3) is 0 Å². The van der Waals surface area contributed by atoms with Gasteiger partial charge in [0, 0.05) is 25.8 Å². The van der Waals surface area contributed by atoms with Gasteiger partial charge in [-0.1, -0.05) is 12.1 Å². The molecule has 0 unspecified atom stereocenters. The van der Waals surface area contributed by atoms with Crippen molar-refractivity contribution < 1.29 is 14.3 Å². The fourth-order valence-electron chi connectivity index (χ4n) is 2.31. The summed E-state index contributed by atoms with van der Waals surface area (Å²) in [5.74, 6) is -0.0886. The first-order chi connectivity index (χ1) is 9.69. The molecule has 2 rings (SSSR count). The number of amides is 2. The average molecular weight is 276 g/mol. The minimum Gasteiger partial charge on any atom is -0.380 e. The number of carbonyl (C=O) groups is 2. The third-order valence-electron chi connectivity index (χ3n) is 3.28. The lowest BCUT2D eigenvalue weighted by Crippen LogP contribution is -2.40. The highest BCUT2D eigenvalue weighted by Gasteiger charge is 2.20. The monoisotopic (exact) mass is 276 g/mol. The minimum absolute atomic E-state index is 0.0690. The van der Waals surface area contributed by atoms with Crippen molar-refractivity contribution >= 4 is 17.5 Å².